The molecule has 1 aromatic carbocycles. The molecule has 1 heterocycles. The maximum Gasteiger partial charge on any atom is 0.299 e. The van der Waals surface area contributed by atoms with Gasteiger partial charge in [-0.15, -0.1) is 0 Å². The van der Waals surface area contributed by atoms with Crippen molar-refractivity contribution in [1.29, 1.82) is 0 Å². The number of ketones is 2. The van der Waals surface area contributed by atoms with Crippen LogP contribution in [0, 0.1) is 13.8 Å². The first kappa shape index (κ1) is 13.4. The normalized spacial score (nSPS) is 13.9. The lowest BCUT2D eigenvalue weighted by molar-refractivity contribution is -0.123. The van der Waals surface area contributed by atoms with Crippen LogP contribution in [0.25, 0.3) is 0 Å². The summed E-state index contributed by atoms with van der Waals surface area (Å²) in [4.78, 5) is 36.7. The Morgan fingerprint density at radius 1 is 1.26 bits per heavy atom. The molecule has 1 aromatic rings. The summed E-state index contributed by atoms with van der Waals surface area (Å²) in [6.45, 7) is 3.49. The molecule has 1 aliphatic rings. The van der Waals surface area contributed by atoms with Crippen LogP contribution in [0.5, 0.6) is 0 Å². The highest BCUT2D eigenvalue weighted by Crippen LogP contribution is 2.33. The van der Waals surface area contributed by atoms with Crippen LogP contribution in [0.4, 0.5) is 5.69 Å². The van der Waals surface area contributed by atoms with E-state index in [2.05, 4.69) is 0 Å². The number of methoxy groups -OCH3 is 1. The standard InChI is InChI=1S/C14H15NO4/c1-8-4-9(2)12-11(5-8)13(17)14(18)15(12)6-10(16)7-19-3/h4-5H,6-7H2,1-3H3. The van der Waals surface area contributed by atoms with E-state index in [1.165, 1.54) is 12.0 Å². The van der Waals surface area contributed by atoms with Crippen LogP contribution >= 0.6 is 0 Å². The number of benzene rings is 1. The van der Waals surface area contributed by atoms with Gasteiger partial charge in [-0.2, -0.15) is 0 Å². The number of anilines is 1. The Morgan fingerprint density at radius 2 is 1.95 bits per heavy atom. The number of ether oxygens (including phenoxy) is 1. The molecule has 0 radical (unpaired) electrons. The third-order valence-electron chi connectivity index (χ3n) is 3.04. The largest absolute Gasteiger partial charge is 0.377 e. The number of carbonyl (C=O) groups excluding carboxylic acids is 3. The lowest BCUT2D eigenvalue weighted by Gasteiger charge is -2.17. The van der Waals surface area contributed by atoms with Crippen LogP contribution in [0.3, 0.4) is 0 Å². The fourth-order valence-corrected chi connectivity index (χ4v) is 2.36. The van der Waals surface area contributed by atoms with E-state index in [9.17, 15) is 14.4 Å². The van der Waals surface area contributed by atoms with Crippen LogP contribution in [0.1, 0.15) is 21.5 Å². The second-order valence-electron chi connectivity index (χ2n) is 4.67. The van der Waals surface area contributed by atoms with Gasteiger partial charge in [-0.3, -0.25) is 19.3 Å². The van der Waals surface area contributed by atoms with Crippen LogP contribution < -0.4 is 4.90 Å². The molecule has 19 heavy (non-hydrogen) atoms. The van der Waals surface area contributed by atoms with Gasteiger partial charge < -0.3 is 4.74 Å². The van der Waals surface area contributed by atoms with E-state index >= 15 is 0 Å². The fraction of sp³-hybridized carbons (Fsp3) is 0.357. The molecule has 0 aliphatic carbocycles. The lowest BCUT2D eigenvalue weighted by Crippen LogP contribution is -2.36. The first-order valence-corrected chi connectivity index (χ1v) is 5.93. The highest BCUT2D eigenvalue weighted by atomic mass is 16.5. The van der Waals surface area contributed by atoms with Crippen molar-refractivity contribution >= 4 is 23.2 Å². The summed E-state index contributed by atoms with van der Waals surface area (Å²) in [5, 5.41) is 0. The van der Waals surface area contributed by atoms with E-state index in [0.29, 0.717) is 11.3 Å². The van der Waals surface area contributed by atoms with E-state index in [1.807, 2.05) is 19.9 Å². The van der Waals surface area contributed by atoms with Gasteiger partial charge in [0.1, 0.15) is 6.61 Å². The van der Waals surface area contributed by atoms with Crippen molar-refractivity contribution in [2.24, 2.45) is 0 Å². The SMILES string of the molecule is COCC(=O)CN1C(=O)C(=O)c2cc(C)cc(C)c21. The van der Waals surface area contributed by atoms with Gasteiger partial charge in [0.2, 0.25) is 0 Å². The van der Waals surface area contributed by atoms with Crippen LogP contribution in [0.15, 0.2) is 12.1 Å². The molecule has 5 heteroatoms. The number of fused-ring (bicyclic) bond motifs is 1. The van der Waals surface area contributed by atoms with Gasteiger partial charge >= 0.3 is 0 Å². The van der Waals surface area contributed by atoms with Crippen molar-refractivity contribution in [3.63, 3.8) is 0 Å². The van der Waals surface area contributed by atoms with Gasteiger partial charge in [0.15, 0.2) is 5.78 Å². The second-order valence-corrected chi connectivity index (χ2v) is 4.67. The zero-order chi connectivity index (χ0) is 14.2. The molecule has 0 aromatic heterocycles. The topological polar surface area (TPSA) is 63.7 Å². The molecular formula is C14H15NO4. The summed E-state index contributed by atoms with van der Waals surface area (Å²) < 4.78 is 4.74. The van der Waals surface area contributed by atoms with Crippen molar-refractivity contribution in [2.45, 2.75) is 13.8 Å². The highest BCUT2D eigenvalue weighted by Gasteiger charge is 2.37. The number of rotatable bonds is 4. The van der Waals surface area contributed by atoms with Crippen molar-refractivity contribution in [3.8, 4) is 0 Å². The van der Waals surface area contributed by atoms with E-state index in [-0.39, 0.29) is 18.9 Å². The highest BCUT2D eigenvalue weighted by molar-refractivity contribution is 6.52. The molecule has 100 valence electrons. The summed E-state index contributed by atoms with van der Waals surface area (Å²) in [6, 6.07) is 3.57. The summed E-state index contributed by atoms with van der Waals surface area (Å²) in [7, 11) is 1.41. The molecule has 5 nitrogen and oxygen atoms in total. The van der Waals surface area contributed by atoms with Crippen LogP contribution in [0.2, 0.25) is 0 Å². The minimum Gasteiger partial charge on any atom is -0.377 e. The third-order valence-corrected chi connectivity index (χ3v) is 3.04. The monoisotopic (exact) mass is 261 g/mol. The van der Waals surface area contributed by atoms with Crippen LogP contribution in [-0.4, -0.2) is 37.7 Å². The molecule has 2 rings (SSSR count). The van der Waals surface area contributed by atoms with Crippen molar-refractivity contribution in [2.75, 3.05) is 25.2 Å². The molecule has 0 fully saturated rings. The van der Waals surface area contributed by atoms with E-state index in [0.717, 1.165) is 11.1 Å². The predicted octanol–water partition coefficient (Wildman–Crippen LogP) is 1.05. The van der Waals surface area contributed by atoms with Crippen LogP contribution in [-0.2, 0) is 14.3 Å². The van der Waals surface area contributed by atoms with E-state index in [1.54, 1.807) is 6.07 Å². The first-order valence-electron chi connectivity index (χ1n) is 5.93. The van der Waals surface area contributed by atoms with E-state index in [4.69, 9.17) is 4.74 Å². The van der Waals surface area contributed by atoms with E-state index < -0.39 is 11.7 Å². The molecule has 1 aliphatic heterocycles. The van der Waals surface area contributed by atoms with Gasteiger partial charge in [0.25, 0.3) is 11.7 Å². The number of hydrogen-bond donors (Lipinski definition) is 0. The molecule has 0 unspecified atom stereocenters. The van der Waals surface area contributed by atoms with Gasteiger partial charge in [0.05, 0.1) is 17.8 Å². The van der Waals surface area contributed by atoms with Crippen molar-refractivity contribution in [1.82, 2.24) is 0 Å². The minimum atomic E-state index is -0.645. The lowest BCUT2D eigenvalue weighted by atomic mass is 10.0. The number of Topliss-reactive ketones (excluding diaryl/α,β-unsaturated/α-hetero) is 2. The Kier molecular flexibility index (Phi) is 3.48. The molecule has 0 spiro atoms. The Balaban J connectivity index is 2.41. The Hall–Kier alpha value is -2.01. The molecule has 1 amide bonds. The molecule has 0 atom stereocenters. The number of aryl methyl sites for hydroxylation is 2. The zero-order valence-corrected chi connectivity index (χ0v) is 11.1. The quantitative estimate of drug-likeness (QED) is 0.760. The summed E-state index contributed by atoms with van der Waals surface area (Å²) in [5.74, 6) is -1.43. The number of hydrogen-bond acceptors (Lipinski definition) is 4. The maximum absolute atomic E-state index is 11.9. The number of nitrogens with zero attached hydrogens (tertiary/aromatic N) is 1. The smallest absolute Gasteiger partial charge is 0.299 e. The molecule has 0 bridgehead atoms. The fourth-order valence-electron chi connectivity index (χ4n) is 2.36. The van der Waals surface area contributed by atoms with Gasteiger partial charge in [-0.05, 0) is 31.0 Å². The zero-order valence-electron chi connectivity index (χ0n) is 11.1. The number of carbonyl (C=O) groups is 3. The molecule has 0 saturated heterocycles. The summed E-state index contributed by atoms with van der Waals surface area (Å²) in [6.07, 6.45) is 0. The maximum atomic E-state index is 11.9. The molecular weight excluding hydrogens is 246 g/mol. The van der Waals surface area contributed by atoms with Crippen molar-refractivity contribution in [3.05, 3.63) is 28.8 Å². The Labute approximate surface area is 111 Å². The Morgan fingerprint density at radius 3 is 2.58 bits per heavy atom. The first-order chi connectivity index (χ1) is 8.95. The third kappa shape index (κ3) is 2.29. The molecule has 0 saturated carbocycles. The van der Waals surface area contributed by atoms with Gasteiger partial charge in [0, 0.05) is 7.11 Å². The second kappa shape index (κ2) is 4.93. The average molecular weight is 261 g/mol. The van der Waals surface area contributed by atoms with Crippen molar-refractivity contribution < 1.29 is 19.1 Å². The van der Waals surface area contributed by atoms with Gasteiger partial charge in [-0.25, -0.2) is 0 Å². The summed E-state index contributed by atoms with van der Waals surface area (Å²) in [5.41, 5.74) is 2.67. The predicted molar refractivity (Wildman–Crippen MR) is 69.5 cm³/mol. The number of amides is 1. The molecule has 0 N–H and O–H groups in total. The Bertz CT molecular complexity index is 577. The minimum absolute atomic E-state index is 0.0712. The van der Waals surface area contributed by atoms with Gasteiger partial charge in [-0.1, -0.05) is 6.07 Å². The summed E-state index contributed by atoms with van der Waals surface area (Å²) >= 11 is 0. The average Bonchev–Trinajstić information content (AvgIpc) is 2.55.